The molecule has 0 fully saturated rings. The minimum Gasteiger partial charge on any atom is -0.454 e. The second-order valence-electron chi connectivity index (χ2n) is 5.78. The summed E-state index contributed by atoms with van der Waals surface area (Å²) in [6, 6.07) is 9.65. The van der Waals surface area contributed by atoms with E-state index in [1.807, 2.05) is 37.3 Å². The number of aryl methyl sites for hydroxylation is 1. The fraction of sp³-hybridized carbons (Fsp3) is 0.111. The zero-order valence-corrected chi connectivity index (χ0v) is 13.4. The number of rotatable bonds is 2. The zero-order chi connectivity index (χ0) is 16.8. The van der Waals surface area contributed by atoms with E-state index in [2.05, 4.69) is 20.2 Å². The highest BCUT2D eigenvalue weighted by molar-refractivity contribution is 5.89. The Labute approximate surface area is 142 Å². The predicted octanol–water partition coefficient (Wildman–Crippen LogP) is 3.12. The highest BCUT2D eigenvalue weighted by atomic mass is 16.7. The number of pyridine rings is 1. The van der Waals surface area contributed by atoms with Crippen molar-refractivity contribution in [1.29, 1.82) is 0 Å². The van der Waals surface area contributed by atoms with Gasteiger partial charge in [0.2, 0.25) is 6.79 Å². The number of hydrogen-bond acceptors (Lipinski definition) is 6. The lowest BCUT2D eigenvalue weighted by atomic mass is 10.1. The molecule has 4 aromatic rings. The molecule has 0 saturated carbocycles. The minimum absolute atomic E-state index is 0.244. The van der Waals surface area contributed by atoms with Gasteiger partial charge in [-0.1, -0.05) is 0 Å². The van der Waals surface area contributed by atoms with E-state index in [0.29, 0.717) is 16.9 Å². The summed E-state index contributed by atoms with van der Waals surface area (Å²) in [6.07, 6.45) is 3.49. The van der Waals surface area contributed by atoms with Gasteiger partial charge in [-0.25, -0.2) is 9.97 Å². The van der Waals surface area contributed by atoms with Crippen molar-refractivity contribution in [3.8, 4) is 34.0 Å². The van der Waals surface area contributed by atoms with E-state index in [1.165, 1.54) is 0 Å². The number of ether oxygens (including phenoxy) is 2. The lowest BCUT2D eigenvalue weighted by Crippen LogP contribution is -1.92. The van der Waals surface area contributed by atoms with Crippen LogP contribution in [0.1, 0.15) is 5.69 Å². The van der Waals surface area contributed by atoms with Gasteiger partial charge in [0.05, 0.1) is 17.6 Å². The first-order valence-electron chi connectivity index (χ1n) is 7.82. The molecule has 0 saturated heterocycles. The standard InChI is InChI=1S/C18H13N5O2/c1-10-6-11(4-5-19-10)13-8-20-18-17(21-13)16(22-23-18)12-2-3-14-15(7-12)25-9-24-14/h2-8H,9H2,1H3,(H,20,22,23). The summed E-state index contributed by atoms with van der Waals surface area (Å²) in [5.41, 5.74) is 5.69. The summed E-state index contributed by atoms with van der Waals surface area (Å²) in [5.74, 6) is 1.46. The van der Waals surface area contributed by atoms with Crippen LogP contribution < -0.4 is 9.47 Å². The maximum atomic E-state index is 5.46. The molecule has 25 heavy (non-hydrogen) atoms. The third-order valence-corrected chi connectivity index (χ3v) is 4.12. The zero-order valence-electron chi connectivity index (χ0n) is 13.4. The quantitative estimate of drug-likeness (QED) is 0.607. The molecule has 0 radical (unpaired) electrons. The SMILES string of the molecule is Cc1cc(-c2cnc3n[nH]c(-c4ccc5c(c4)OCO5)c3n2)ccn1. The molecule has 0 unspecified atom stereocenters. The molecule has 0 bridgehead atoms. The summed E-state index contributed by atoms with van der Waals surface area (Å²) >= 11 is 0. The third-order valence-electron chi connectivity index (χ3n) is 4.12. The van der Waals surface area contributed by atoms with Crippen molar-refractivity contribution in [3.63, 3.8) is 0 Å². The number of hydrogen-bond donors (Lipinski definition) is 1. The number of H-pyrrole nitrogens is 1. The molecule has 0 atom stereocenters. The molecule has 3 aromatic heterocycles. The van der Waals surface area contributed by atoms with Crippen molar-refractivity contribution in [3.05, 3.63) is 48.4 Å². The third kappa shape index (κ3) is 2.28. The molecule has 7 heteroatoms. The first-order chi connectivity index (χ1) is 12.3. The van der Waals surface area contributed by atoms with E-state index >= 15 is 0 Å². The van der Waals surface area contributed by atoms with E-state index in [9.17, 15) is 0 Å². The Balaban J connectivity index is 1.66. The number of aromatic amines is 1. The van der Waals surface area contributed by atoms with Gasteiger partial charge in [-0.05, 0) is 37.3 Å². The fourth-order valence-electron chi connectivity index (χ4n) is 2.89. The van der Waals surface area contributed by atoms with Gasteiger partial charge < -0.3 is 9.47 Å². The van der Waals surface area contributed by atoms with Crippen molar-refractivity contribution in [2.45, 2.75) is 6.92 Å². The van der Waals surface area contributed by atoms with Crippen LogP contribution in [-0.2, 0) is 0 Å². The molecular weight excluding hydrogens is 318 g/mol. The average Bonchev–Trinajstić information content (AvgIpc) is 3.27. The van der Waals surface area contributed by atoms with E-state index in [-0.39, 0.29) is 6.79 Å². The van der Waals surface area contributed by atoms with Crippen LogP contribution in [0.15, 0.2) is 42.7 Å². The second kappa shape index (κ2) is 5.27. The van der Waals surface area contributed by atoms with Crippen LogP contribution in [-0.4, -0.2) is 31.9 Å². The molecule has 1 N–H and O–H groups in total. The fourth-order valence-corrected chi connectivity index (χ4v) is 2.89. The first kappa shape index (κ1) is 13.9. The molecular formula is C18H13N5O2. The van der Waals surface area contributed by atoms with Gasteiger partial charge in [0.1, 0.15) is 5.52 Å². The predicted molar refractivity (Wildman–Crippen MR) is 91.2 cm³/mol. The van der Waals surface area contributed by atoms with Crippen molar-refractivity contribution in [1.82, 2.24) is 25.1 Å². The van der Waals surface area contributed by atoms with E-state index in [1.54, 1.807) is 12.4 Å². The van der Waals surface area contributed by atoms with E-state index in [0.717, 1.165) is 34.0 Å². The smallest absolute Gasteiger partial charge is 0.231 e. The molecule has 0 spiro atoms. The van der Waals surface area contributed by atoms with Gasteiger partial charge in [-0.2, -0.15) is 5.10 Å². The summed E-state index contributed by atoms with van der Waals surface area (Å²) < 4.78 is 10.8. The van der Waals surface area contributed by atoms with Crippen LogP contribution in [0.2, 0.25) is 0 Å². The van der Waals surface area contributed by atoms with Crippen molar-refractivity contribution < 1.29 is 9.47 Å². The number of fused-ring (bicyclic) bond motifs is 2. The number of aromatic nitrogens is 5. The van der Waals surface area contributed by atoms with Crippen molar-refractivity contribution in [2.75, 3.05) is 6.79 Å². The Hall–Kier alpha value is -3.48. The highest BCUT2D eigenvalue weighted by Crippen LogP contribution is 2.36. The van der Waals surface area contributed by atoms with Crippen molar-refractivity contribution >= 4 is 11.2 Å². The lowest BCUT2D eigenvalue weighted by Gasteiger charge is -2.03. The number of nitrogens with zero attached hydrogens (tertiary/aromatic N) is 4. The van der Waals surface area contributed by atoms with Gasteiger partial charge in [-0.15, -0.1) is 0 Å². The Morgan fingerprint density at radius 2 is 1.92 bits per heavy atom. The van der Waals surface area contributed by atoms with Crippen LogP contribution in [0.25, 0.3) is 33.7 Å². The van der Waals surface area contributed by atoms with Crippen LogP contribution in [0.3, 0.4) is 0 Å². The van der Waals surface area contributed by atoms with E-state index < -0.39 is 0 Å². The molecule has 1 aliphatic rings. The monoisotopic (exact) mass is 331 g/mol. The van der Waals surface area contributed by atoms with Gasteiger partial charge in [0, 0.05) is 23.0 Å². The Kier molecular flexibility index (Phi) is 2.93. The Morgan fingerprint density at radius 3 is 2.84 bits per heavy atom. The summed E-state index contributed by atoms with van der Waals surface area (Å²) in [7, 11) is 0. The van der Waals surface area contributed by atoms with Gasteiger partial charge >= 0.3 is 0 Å². The summed E-state index contributed by atoms with van der Waals surface area (Å²) in [4.78, 5) is 13.4. The minimum atomic E-state index is 0.244. The molecule has 5 rings (SSSR count). The average molecular weight is 331 g/mol. The molecule has 7 nitrogen and oxygen atoms in total. The topological polar surface area (TPSA) is 85.8 Å². The van der Waals surface area contributed by atoms with Crippen LogP contribution in [0, 0.1) is 6.92 Å². The van der Waals surface area contributed by atoms with Gasteiger partial charge in [0.25, 0.3) is 0 Å². The van der Waals surface area contributed by atoms with Crippen LogP contribution in [0.4, 0.5) is 0 Å². The van der Waals surface area contributed by atoms with E-state index in [4.69, 9.17) is 14.5 Å². The largest absolute Gasteiger partial charge is 0.454 e. The number of benzene rings is 1. The summed E-state index contributed by atoms with van der Waals surface area (Å²) in [6.45, 7) is 2.19. The van der Waals surface area contributed by atoms with Crippen LogP contribution in [0.5, 0.6) is 11.5 Å². The van der Waals surface area contributed by atoms with Gasteiger partial charge in [0.15, 0.2) is 17.1 Å². The molecule has 122 valence electrons. The highest BCUT2D eigenvalue weighted by Gasteiger charge is 2.17. The summed E-state index contributed by atoms with van der Waals surface area (Å²) in [5, 5.41) is 7.29. The lowest BCUT2D eigenvalue weighted by molar-refractivity contribution is 0.174. The Bertz CT molecular complexity index is 1110. The van der Waals surface area contributed by atoms with Crippen molar-refractivity contribution in [2.24, 2.45) is 0 Å². The second-order valence-corrected chi connectivity index (χ2v) is 5.78. The molecule has 0 amide bonds. The maximum absolute atomic E-state index is 5.46. The molecule has 4 heterocycles. The number of nitrogens with one attached hydrogen (secondary N) is 1. The molecule has 1 aromatic carbocycles. The molecule has 0 aliphatic carbocycles. The molecule has 1 aliphatic heterocycles. The Morgan fingerprint density at radius 1 is 1.00 bits per heavy atom. The van der Waals surface area contributed by atoms with Crippen LogP contribution >= 0.6 is 0 Å². The first-order valence-corrected chi connectivity index (χ1v) is 7.82. The normalized spacial score (nSPS) is 12.7. The maximum Gasteiger partial charge on any atom is 0.231 e. The van der Waals surface area contributed by atoms with Gasteiger partial charge in [-0.3, -0.25) is 10.1 Å².